The van der Waals surface area contributed by atoms with Crippen LogP contribution in [0, 0.1) is 29.6 Å². The number of benzene rings is 3. The van der Waals surface area contributed by atoms with Crippen molar-refractivity contribution in [2.45, 2.75) is 35.0 Å². The van der Waals surface area contributed by atoms with E-state index in [9.17, 15) is 45.5 Å². The van der Waals surface area contributed by atoms with Gasteiger partial charge in [-0.3, -0.25) is 24.1 Å². The minimum Gasteiger partial charge on any atom is -0.483 e. The maximum absolute atomic E-state index is 14.1. The maximum Gasteiger partial charge on any atom is 0.418 e. The van der Waals surface area contributed by atoms with Crippen molar-refractivity contribution in [1.29, 1.82) is 0 Å². The lowest BCUT2D eigenvalue weighted by Gasteiger charge is -2.43. The fourth-order valence-electron chi connectivity index (χ4n) is 8.50. The molecule has 0 unspecified atom stereocenters. The molecule has 2 saturated carbocycles. The number of halogens is 7. The van der Waals surface area contributed by atoms with Crippen LogP contribution in [0.5, 0.6) is 5.75 Å². The predicted octanol–water partition coefficient (Wildman–Crippen LogP) is 7.82. The maximum atomic E-state index is 14.1. The molecule has 7 atom stereocenters. The Morgan fingerprint density at radius 2 is 1.65 bits per heavy atom. The number of alkyl halides is 6. The van der Waals surface area contributed by atoms with E-state index in [1.165, 1.54) is 42.1 Å². The number of nitrogens with one attached hydrogen (secondary N) is 2. The van der Waals surface area contributed by atoms with Gasteiger partial charge in [0.2, 0.25) is 11.8 Å². The number of nitrogens with zero attached hydrogens (tertiary/aromatic N) is 1. The Morgan fingerprint density at radius 3 is 2.38 bits per heavy atom. The van der Waals surface area contributed by atoms with Crippen LogP contribution in [0.1, 0.15) is 33.9 Å². The molecule has 270 valence electrons. The summed E-state index contributed by atoms with van der Waals surface area (Å²) in [7, 11) is 0. The highest BCUT2D eigenvalue weighted by Crippen LogP contribution is 2.69. The van der Waals surface area contributed by atoms with E-state index in [1.807, 2.05) is 0 Å². The average Bonchev–Trinajstić information content (AvgIpc) is 3.82. The highest BCUT2D eigenvalue weighted by molar-refractivity contribution is 8.00. The summed E-state index contributed by atoms with van der Waals surface area (Å²) in [5.74, 6) is -5.18. The van der Waals surface area contributed by atoms with Crippen LogP contribution in [-0.2, 0) is 26.7 Å². The van der Waals surface area contributed by atoms with Gasteiger partial charge in [0.25, 0.3) is 5.91 Å². The lowest BCUT2D eigenvalue weighted by atomic mass is 9.68. The van der Waals surface area contributed by atoms with E-state index >= 15 is 0 Å². The monoisotopic (exact) mass is 779 g/mol. The Morgan fingerprint density at radius 1 is 0.923 bits per heavy atom. The first-order valence-electron chi connectivity index (χ1n) is 15.9. The number of amides is 3. The van der Waals surface area contributed by atoms with Crippen molar-refractivity contribution in [1.82, 2.24) is 4.98 Å². The zero-order valence-electron chi connectivity index (χ0n) is 26.3. The molecule has 1 saturated heterocycles. The van der Waals surface area contributed by atoms with Crippen molar-refractivity contribution >= 4 is 63.8 Å². The number of carbonyl (C=O) groups is 3. The third-order valence-corrected chi connectivity index (χ3v) is 13.2. The fourth-order valence-corrected chi connectivity index (χ4v) is 11.6. The molecule has 2 bridgehead atoms. The van der Waals surface area contributed by atoms with Crippen LogP contribution in [0.3, 0.4) is 0 Å². The molecule has 4 aromatic rings. The van der Waals surface area contributed by atoms with Crippen molar-refractivity contribution in [3.8, 4) is 5.75 Å². The zero-order valence-corrected chi connectivity index (χ0v) is 28.6. The molecular weight excluding hydrogens is 756 g/mol. The summed E-state index contributed by atoms with van der Waals surface area (Å²) < 4.78 is 87.2. The Labute approximate surface area is 303 Å². The number of aromatic amines is 1. The number of carbonyl (C=O) groups excluding carboxylic acids is 3. The normalized spacial score (nSPS) is 26.3. The summed E-state index contributed by atoms with van der Waals surface area (Å²) in [6.45, 7) is -0.678. The van der Waals surface area contributed by atoms with E-state index in [0.717, 1.165) is 46.6 Å². The molecule has 0 radical (unpaired) electrons. The molecule has 2 aliphatic heterocycles. The standard InChI is InChI=1S/C35H24ClF6N3O5S2/c36-15-8-9-22(50-13-23(46)43-21-7-2-1-6-20(21)35(40,41)42)17(11-15)24-25-18-12-19(28(25)51-30-29(24)52-33(49)44-30)27-26(18)31(47)45(32(27)48)16-5-3-4-14(10-16)34(37,38)39/h1-11,18-19,24-28H,12-13H2,(H,43,46)(H,44,49)/t18-,19-,24+,25-,26+,27+,28-/m1/s1. The highest BCUT2D eigenvalue weighted by atomic mass is 35.5. The van der Waals surface area contributed by atoms with Crippen molar-refractivity contribution in [3.63, 3.8) is 0 Å². The van der Waals surface area contributed by atoms with Crippen LogP contribution in [-0.4, -0.2) is 34.6 Å². The molecule has 4 aliphatic rings. The molecule has 52 heavy (non-hydrogen) atoms. The molecule has 2 N–H and O–H groups in total. The SMILES string of the molecule is O=C(COc1ccc(Cl)cc1[C@@H]1c2sc(=O)[nH]c2S[C@@H]2[C@@H]3C[C@@H]([C@@H]4C(=O)N(c5cccc(C(F)(F)F)c5)C(=O)[C@@H]34)[C@H]12)Nc1ccccc1C(F)(F)F. The summed E-state index contributed by atoms with van der Waals surface area (Å²) in [5.41, 5.74) is -2.15. The van der Waals surface area contributed by atoms with Gasteiger partial charge < -0.3 is 15.0 Å². The number of thiazole rings is 1. The molecule has 3 heterocycles. The number of aromatic nitrogens is 1. The third kappa shape index (κ3) is 5.69. The highest BCUT2D eigenvalue weighted by Gasteiger charge is 2.70. The number of rotatable bonds is 6. The average molecular weight is 780 g/mol. The van der Waals surface area contributed by atoms with Crippen molar-refractivity contribution < 1.29 is 45.5 Å². The van der Waals surface area contributed by atoms with Gasteiger partial charge in [-0.1, -0.05) is 41.1 Å². The predicted molar refractivity (Wildman–Crippen MR) is 179 cm³/mol. The summed E-state index contributed by atoms with van der Waals surface area (Å²) in [4.78, 5) is 57.6. The van der Waals surface area contributed by atoms with Gasteiger partial charge in [0.15, 0.2) is 6.61 Å². The van der Waals surface area contributed by atoms with Crippen molar-refractivity contribution in [2.75, 3.05) is 16.8 Å². The minimum absolute atomic E-state index is 0.157. The molecule has 3 amide bonds. The van der Waals surface area contributed by atoms with E-state index < -0.39 is 77.2 Å². The van der Waals surface area contributed by atoms with Gasteiger partial charge in [-0.2, -0.15) is 26.3 Å². The lowest BCUT2D eigenvalue weighted by Crippen LogP contribution is -2.42. The van der Waals surface area contributed by atoms with E-state index in [1.54, 1.807) is 6.07 Å². The Kier molecular flexibility index (Phi) is 8.30. The summed E-state index contributed by atoms with van der Waals surface area (Å²) >= 11 is 8.83. The first kappa shape index (κ1) is 34.8. The second kappa shape index (κ2) is 12.4. The van der Waals surface area contributed by atoms with Crippen LogP contribution in [0.4, 0.5) is 37.7 Å². The molecular formula is C35H24ClF6N3O5S2. The molecule has 17 heteroatoms. The number of fused-ring (bicyclic) bond motifs is 9. The Bertz CT molecular complexity index is 2210. The van der Waals surface area contributed by atoms with Crippen LogP contribution < -0.4 is 19.8 Å². The first-order chi connectivity index (χ1) is 24.6. The number of thioether (sulfide) groups is 1. The first-order valence-corrected chi connectivity index (χ1v) is 18.0. The second-order valence-corrected chi connectivity index (χ2v) is 15.7. The fraction of sp³-hybridized carbons (Fsp3) is 0.314. The summed E-state index contributed by atoms with van der Waals surface area (Å²) in [6, 6.07) is 13.2. The van der Waals surface area contributed by atoms with Gasteiger partial charge in [-0.15, -0.1) is 11.8 Å². The van der Waals surface area contributed by atoms with Gasteiger partial charge in [-0.25, -0.2) is 0 Å². The van der Waals surface area contributed by atoms with Gasteiger partial charge in [0.05, 0.1) is 39.4 Å². The van der Waals surface area contributed by atoms with Crippen LogP contribution >= 0.6 is 34.7 Å². The van der Waals surface area contributed by atoms with Gasteiger partial charge >= 0.3 is 17.2 Å². The number of imide groups is 1. The Hall–Kier alpha value is -4.28. The molecule has 8 rings (SSSR count). The van der Waals surface area contributed by atoms with E-state index in [4.69, 9.17) is 16.3 Å². The largest absolute Gasteiger partial charge is 0.483 e. The molecule has 0 spiro atoms. The second-order valence-electron chi connectivity index (χ2n) is 13.1. The van der Waals surface area contributed by atoms with Crippen LogP contribution in [0.15, 0.2) is 76.6 Å². The number of ether oxygens (including phenoxy) is 1. The van der Waals surface area contributed by atoms with E-state index in [2.05, 4.69) is 10.3 Å². The van der Waals surface area contributed by atoms with Gasteiger partial charge in [-0.05, 0) is 72.7 Å². The topological polar surface area (TPSA) is 109 Å². The zero-order chi connectivity index (χ0) is 36.9. The number of hydrogen-bond acceptors (Lipinski definition) is 7. The number of anilines is 2. The number of para-hydroxylation sites is 1. The minimum atomic E-state index is -4.71. The molecule has 1 aromatic heterocycles. The molecule has 3 aromatic carbocycles. The summed E-state index contributed by atoms with van der Waals surface area (Å²) in [5, 5.41) is 2.80. The van der Waals surface area contributed by atoms with Crippen molar-refractivity contribution in [2.24, 2.45) is 29.6 Å². The number of hydrogen-bond donors (Lipinski definition) is 2. The van der Waals surface area contributed by atoms with Crippen molar-refractivity contribution in [3.05, 3.63) is 103 Å². The third-order valence-electron chi connectivity index (χ3n) is 10.3. The van der Waals surface area contributed by atoms with E-state index in [-0.39, 0.29) is 38.4 Å². The lowest BCUT2D eigenvalue weighted by molar-refractivity contribution is -0.138. The smallest absolute Gasteiger partial charge is 0.418 e. The van der Waals surface area contributed by atoms with Crippen LogP contribution in [0.25, 0.3) is 0 Å². The van der Waals surface area contributed by atoms with Gasteiger partial charge in [0.1, 0.15) is 5.75 Å². The van der Waals surface area contributed by atoms with Gasteiger partial charge in [0, 0.05) is 26.6 Å². The van der Waals surface area contributed by atoms with Crippen LogP contribution in [0.2, 0.25) is 5.02 Å². The molecule has 3 fully saturated rings. The molecule has 2 aliphatic carbocycles. The number of H-pyrrole nitrogens is 1. The summed E-state index contributed by atoms with van der Waals surface area (Å²) in [6.07, 6.45) is -8.91. The van der Waals surface area contributed by atoms with E-state index in [0.29, 0.717) is 21.9 Å². The quantitative estimate of drug-likeness (QED) is 0.153. The molecule has 8 nitrogen and oxygen atoms in total. The Balaban J connectivity index is 1.12.